The van der Waals surface area contributed by atoms with Crippen LogP contribution in [0.3, 0.4) is 0 Å². The van der Waals surface area contributed by atoms with Gasteiger partial charge in [0, 0.05) is 24.2 Å². The Hall–Kier alpha value is -3.74. The Labute approximate surface area is 156 Å². The first kappa shape index (κ1) is 18.1. The van der Waals surface area contributed by atoms with E-state index in [0.717, 1.165) is 0 Å². The molecule has 1 heterocycles. The minimum absolute atomic E-state index is 0.0904. The Morgan fingerprint density at radius 3 is 2.30 bits per heavy atom. The fraction of sp³-hybridized carbons (Fsp3) is 0.100. The van der Waals surface area contributed by atoms with Crippen LogP contribution < -0.4 is 10.6 Å². The third-order valence-corrected chi connectivity index (χ3v) is 3.77. The highest BCUT2D eigenvalue weighted by Crippen LogP contribution is 2.19. The van der Waals surface area contributed by atoms with Crippen molar-refractivity contribution in [2.24, 2.45) is 0 Å². The Kier molecular flexibility index (Phi) is 5.12. The van der Waals surface area contributed by atoms with Crippen LogP contribution in [0.5, 0.6) is 0 Å². The minimum atomic E-state index is -0.447. The van der Waals surface area contributed by atoms with Gasteiger partial charge in [-0.15, -0.1) is 0 Å². The lowest BCUT2D eigenvalue weighted by atomic mass is 10.1. The van der Waals surface area contributed by atoms with Crippen LogP contribution in [0.2, 0.25) is 0 Å². The van der Waals surface area contributed by atoms with E-state index in [-0.39, 0.29) is 17.4 Å². The van der Waals surface area contributed by atoms with Gasteiger partial charge in [0.1, 0.15) is 5.82 Å². The Morgan fingerprint density at radius 2 is 1.63 bits per heavy atom. The summed E-state index contributed by atoms with van der Waals surface area (Å²) in [6, 6.07) is 17.3. The van der Waals surface area contributed by atoms with E-state index < -0.39 is 5.91 Å². The molecular weight excluding hydrogens is 344 g/mol. The first-order chi connectivity index (χ1) is 12.9. The normalized spacial score (nSPS) is 10.3. The number of hydrogen-bond donors (Lipinski definition) is 2. The van der Waals surface area contributed by atoms with Gasteiger partial charge in [-0.05, 0) is 31.2 Å². The van der Waals surface area contributed by atoms with Crippen molar-refractivity contribution in [2.45, 2.75) is 13.8 Å². The lowest BCUT2D eigenvalue weighted by molar-refractivity contribution is -0.114. The molecule has 0 spiro atoms. The number of carbonyl (C=O) groups excluding carboxylic acids is 3. The number of nitrogens with one attached hydrogen (secondary N) is 2. The largest absolute Gasteiger partial charge is 0.321 e. The minimum Gasteiger partial charge on any atom is -0.321 e. The van der Waals surface area contributed by atoms with Crippen molar-refractivity contribution in [3.8, 4) is 5.69 Å². The molecule has 2 amide bonds. The molecule has 2 N–H and O–H groups in total. The molecule has 1 aromatic heterocycles. The first-order valence-electron chi connectivity index (χ1n) is 8.29. The van der Waals surface area contributed by atoms with Gasteiger partial charge >= 0.3 is 0 Å². The lowest BCUT2D eigenvalue weighted by Crippen LogP contribution is -2.13. The zero-order chi connectivity index (χ0) is 19.4. The lowest BCUT2D eigenvalue weighted by Gasteiger charge is -2.06. The predicted octanol–water partition coefficient (Wildman–Crippen LogP) is 3.29. The van der Waals surface area contributed by atoms with Gasteiger partial charge in [0.2, 0.25) is 5.91 Å². The number of amides is 2. The Balaban J connectivity index is 1.91. The molecule has 7 nitrogen and oxygen atoms in total. The first-order valence-corrected chi connectivity index (χ1v) is 8.29. The average molecular weight is 362 g/mol. The number of aromatic nitrogens is 2. The molecular formula is C20H18N4O3. The maximum Gasteiger partial charge on any atom is 0.276 e. The van der Waals surface area contributed by atoms with Crippen LogP contribution in [-0.4, -0.2) is 27.4 Å². The summed E-state index contributed by atoms with van der Waals surface area (Å²) in [5.41, 5.74) is 1.83. The molecule has 0 aliphatic heterocycles. The summed E-state index contributed by atoms with van der Waals surface area (Å²) in [6.45, 7) is 2.84. The molecule has 0 unspecified atom stereocenters. The number of anilines is 2. The molecule has 3 aromatic rings. The fourth-order valence-corrected chi connectivity index (χ4v) is 2.54. The van der Waals surface area contributed by atoms with E-state index in [1.807, 2.05) is 30.3 Å². The van der Waals surface area contributed by atoms with E-state index in [1.165, 1.54) is 24.6 Å². The zero-order valence-electron chi connectivity index (χ0n) is 14.9. The SMILES string of the molecule is CC(=O)Nc1cc(C(=O)Nc2cccc(C(C)=O)c2)nn1-c1ccccc1. The van der Waals surface area contributed by atoms with Gasteiger partial charge in [0.05, 0.1) is 5.69 Å². The molecule has 0 radical (unpaired) electrons. The quantitative estimate of drug-likeness (QED) is 0.681. The van der Waals surface area contributed by atoms with Crippen molar-refractivity contribution in [2.75, 3.05) is 10.6 Å². The van der Waals surface area contributed by atoms with Gasteiger partial charge < -0.3 is 10.6 Å². The monoisotopic (exact) mass is 362 g/mol. The molecule has 136 valence electrons. The molecule has 0 aliphatic rings. The maximum absolute atomic E-state index is 12.6. The highest BCUT2D eigenvalue weighted by atomic mass is 16.2. The molecule has 0 aliphatic carbocycles. The number of nitrogens with zero attached hydrogens (tertiary/aromatic N) is 2. The van der Waals surface area contributed by atoms with Gasteiger partial charge in [-0.1, -0.05) is 30.3 Å². The van der Waals surface area contributed by atoms with E-state index in [1.54, 1.807) is 24.3 Å². The summed E-state index contributed by atoms with van der Waals surface area (Å²) < 4.78 is 1.49. The van der Waals surface area contributed by atoms with Crippen molar-refractivity contribution in [1.29, 1.82) is 0 Å². The molecule has 0 atom stereocenters. The summed E-state index contributed by atoms with van der Waals surface area (Å²) in [5.74, 6) is -0.422. The van der Waals surface area contributed by atoms with Gasteiger partial charge in [0.15, 0.2) is 11.5 Å². The number of para-hydroxylation sites is 1. The second-order valence-electron chi connectivity index (χ2n) is 5.93. The standard InChI is InChI=1S/C20H18N4O3/c1-13(25)15-7-6-8-16(11-15)22-20(27)18-12-19(21-14(2)26)24(23-18)17-9-4-3-5-10-17/h3-12H,1-2H3,(H,21,26)(H,22,27). The van der Waals surface area contributed by atoms with Crippen molar-refractivity contribution >= 4 is 29.1 Å². The number of ketones is 1. The van der Waals surface area contributed by atoms with Gasteiger partial charge in [-0.2, -0.15) is 5.10 Å². The van der Waals surface area contributed by atoms with E-state index in [2.05, 4.69) is 15.7 Å². The van der Waals surface area contributed by atoms with Crippen LogP contribution in [0, 0.1) is 0 Å². The van der Waals surface area contributed by atoms with Crippen LogP contribution >= 0.6 is 0 Å². The smallest absolute Gasteiger partial charge is 0.276 e. The van der Waals surface area contributed by atoms with E-state index >= 15 is 0 Å². The van der Waals surface area contributed by atoms with Crippen LogP contribution in [0.1, 0.15) is 34.7 Å². The number of benzene rings is 2. The molecule has 0 bridgehead atoms. The van der Waals surface area contributed by atoms with Crippen LogP contribution in [0.25, 0.3) is 5.69 Å². The molecule has 0 fully saturated rings. The van der Waals surface area contributed by atoms with E-state index in [4.69, 9.17) is 0 Å². The molecule has 0 saturated heterocycles. The molecule has 27 heavy (non-hydrogen) atoms. The highest BCUT2D eigenvalue weighted by molar-refractivity contribution is 6.04. The number of rotatable bonds is 5. The number of hydrogen-bond acceptors (Lipinski definition) is 4. The second kappa shape index (κ2) is 7.65. The average Bonchev–Trinajstić information content (AvgIpc) is 3.06. The second-order valence-corrected chi connectivity index (χ2v) is 5.93. The summed E-state index contributed by atoms with van der Waals surface area (Å²) in [6.07, 6.45) is 0. The van der Waals surface area contributed by atoms with Crippen LogP contribution in [0.4, 0.5) is 11.5 Å². The fourth-order valence-electron chi connectivity index (χ4n) is 2.54. The van der Waals surface area contributed by atoms with Crippen molar-refractivity contribution in [3.05, 3.63) is 71.9 Å². The zero-order valence-corrected chi connectivity index (χ0v) is 14.9. The number of carbonyl (C=O) groups is 3. The van der Waals surface area contributed by atoms with Gasteiger partial charge in [0.25, 0.3) is 5.91 Å². The van der Waals surface area contributed by atoms with Crippen molar-refractivity contribution in [3.63, 3.8) is 0 Å². The van der Waals surface area contributed by atoms with Crippen molar-refractivity contribution in [1.82, 2.24) is 9.78 Å². The van der Waals surface area contributed by atoms with E-state index in [0.29, 0.717) is 22.8 Å². The molecule has 7 heteroatoms. The Morgan fingerprint density at radius 1 is 0.889 bits per heavy atom. The molecule has 0 saturated carbocycles. The summed E-state index contributed by atoms with van der Waals surface area (Å²) in [7, 11) is 0. The third kappa shape index (κ3) is 4.27. The van der Waals surface area contributed by atoms with Gasteiger partial charge in [-0.25, -0.2) is 4.68 Å². The molecule has 2 aromatic carbocycles. The topological polar surface area (TPSA) is 93.1 Å². The third-order valence-electron chi connectivity index (χ3n) is 3.77. The highest BCUT2D eigenvalue weighted by Gasteiger charge is 2.16. The Bertz CT molecular complexity index is 1010. The summed E-state index contributed by atoms with van der Waals surface area (Å²) in [4.78, 5) is 35.6. The van der Waals surface area contributed by atoms with Crippen LogP contribution in [0.15, 0.2) is 60.7 Å². The maximum atomic E-state index is 12.6. The van der Waals surface area contributed by atoms with E-state index in [9.17, 15) is 14.4 Å². The number of Topliss-reactive ketones (excluding diaryl/α,β-unsaturated/α-hetero) is 1. The predicted molar refractivity (Wildman–Crippen MR) is 102 cm³/mol. The van der Waals surface area contributed by atoms with Crippen LogP contribution in [-0.2, 0) is 4.79 Å². The summed E-state index contributed by atoms with van der Waals surface area (Å²) in [5, 5.41) is 9.70. The molecule has 3 rings (SSSR count). The van der Waals surface area contributed by atoms with Gasteiger partial charge in [-0.3, -0.25) is 14.4 Å². The summed E-state index contributed by atoms with van der Waals surface area (Å²) >= 11 is 0. The van der Waals surface area contributed by atoms with Crippen molar-refractivity contribution < 1.29 is 14.4 Å².